The van der Waals surface area contributed by atoms with Gasteiger partial charge in [0.1, 0.15) is 6.10 Å². The maximum atomic E-state index is 12.0. The smallest absolute Gasteiger partial charge is 0.340 e. The van der Waals surface area contributed by atoms with Crippen molar-refractivity contribution in [1.82, 2.24) is 4.90 Å². The average molecular weight is 288 g/mol. The lowest BCUT2D eigenvalue weighted by atomic mass is 10.1. The molecule has 0 aromatic heterocycles. The first-order chi connectivity index (χ1) is 8.56. The molecule has 98 valence electrons. The van der Waals surface area contributed by atoms with Gasteiger partial charge in [0.05, 0.1) is 10.6 Å². The summed E-state index contributed by atoms with van der Waals surface area (Å²) in [4.78, 5) is 14.2. The molecule has 18 heavy (non-hydrogen) atoms. The second kappa shape index (κ2) is 5.91. The Morgan fingerprint density at radius 1 is 1.44 bits per heavy atom. The summed E-state index contributed by atoms with van der Waals surface area (Å²) in [7, 11) is 2.02. The van der Waals surface area contributed by atoms with E-state index in [1.165, 1.54) is 0 Å². The molecule has 3 nitrogen and oxygen atoms in total. The zero-order valence-corrected chi connectivity index (χ0v) is 11.7. The van der Waals surface area contributed by atoms with E-state index in [9.17, 15) is 4.79 Å². The molecule has 0 spiro atoms. The number of rotatable bonds is 2. The number of halogens is 2. The molecule has 2 rings (SSSR count). The lowest BCUT2D eigenvalue weighted by Gasteiger charge is -2.29. The van der Waals surface area contributed by atoms with Crippen LogP contribution < -0.4 is 0 Å². The molecule has 1 aromatic rings. The van der Waals surface area contributed by atoms with Gasteiger partial charge in [-0.3, -0.25) is 0 Å². The standard InChI is InChI=1S/C13H15Cl2NO2/c1-16-6-2-3-10(8-16)18-13(17)11-7-9(14)4-5-12(11)15/h4-5,7,10H,2-3,6,8H2,1H3/t10-/m0/s1. The van der Waals surface area contributed by atoms with E-state index in [0.717, 1.165) is 25.9 Å². The van der Waals surface area contributed by atoms with Crippen molar-refractivity contribution < 1.29 is 9.53 Å². The minimum Gasteiger partial charge on any atom is -0.457 e. The number of likely N-dealkylation sites (tertiary alicyclic amines) is 1. The normalized spacial score (nSPS) is 20.7. The third kappa shape index (κ3) is 3.37. The SMILES string of the molecule is CN1CCC[C@H](OC(=O)c2cc(Cl)ccc2Cl)C1. The van der Waals surface area contributed by atoms with Crippen LogP contribution in [0.3, 0.4) is 0 Å². The highest BCUT2D eigenvalue weighted by molar-refractivity contribution is 6.35. The maximum absolute atomic E-state index is 12.0. The van der Waals surface area contributed by atoms with E-state index in [1.807, 2.05) is 7.05 Å². The monoisotopic (exact) mass is 287 g/mol. The van der Waals surface area contributed by atoms with Crippen LogP contribution in [0.25, 0.3) is 0 Å². The zero-order chi connectivity index (χ0) is 13.1. The lowest BCUT2D eigenvalue weighted by Crippen LogP contribution is -2.38. The van der Waals surface area contributed by atoms with Crippen molar-refractivity contribution in [1.29, 1.82) is 0 Å². The van der Waals surface area contributed by atoms with Crippen LogP contribution in [0, 0.1) is 0 Å². The molecule has 0 N–H and O–H groups in total. The Morgan fingerprint density at radius 3 is 2.94 bits per heavy atom. The third-order valence-corrected chi connectivity index (χ3v) is 3.57. The second-order valence-corrected chi connectivity index (χ2v) is 5.40. The summed E-state index contributed by atoms with van der Waals surface area (Å²) < 4.78 is 5.46. The number of ether oxygens (including phenoxy) is 1. The number of nitrogens with zero attached hydrogens (tertiary/aromatic N) is 1. The molecule has 1 saturated heterocycles. The van der Waals surface area contributed by atoms with Crippen LogP contribution in [0.15, 0.2) is 18.2 Å². The van der Waals surface area contributed by atoms with Crippen molar-refractivity contribution in [2.24, 2.45) is 0 Å². The molecular formula is C13H15Cl2NO2. The molecule has 1 atom stereocenters. The molecule has 0 saturated carbocycles. The quantitative estimate of drug-likeness (QED) is 0.782. The predicted octanol–water partition coefficient (Wildman–Crippen LogP) is 3.24. The molecule has 0 bridgehead atoms. The number of carbonyl (C=O) groups excluding carboxylic acids is 1. The summed E-state index contributed by atoms with van der Waals surface area (Å²) in [6.07, 6.45) is 1.87. The summed E-state index contributed by atoms with van der Waals surface area (Å²) in [5, 5.41) is 0.848. The first kappa shape index (κ1) is 13.7. The number of hydrogen-bond acceptors (Lipinski definition) is 3. The molecule has 1 aliphatic heterocycles. The summed E-state index contributed by atoms with van der Waals surface area (Å²) in [5.41, 5.74) is 0.331. The maximum Gasteiger partial charge on any atom is 0.340 e. The van der Waals surface area contributed by atoms with Gasteiger partial charge in [-0.15, -0.1) is 0 Å². The largest absolute Gasteiger partial charge is 0.457 e. The summed E-state index contributed by atoms with van der Waals surface area (Å²) in [6.45, 7) is 1.82. The molecule has 5 heteroatoms. The van der Waals surface area contributed by atoms with E-state index in [-0.39, 0.29) is 6.10 Å². The van der Waals surface area contributed by atoms with Crippen LogP contribution in [0.4, 0.5) is 0 Å². The lowest BCUT2D eigenvalue weighted by molar-refractivity contribution is 0.0109. The van der Waals surface area contributed by atoms with Gasteiger partial charge in [-0.2, -0.15) is 0 Å². The van der Waals surface area contributed by atoms with E-state index in [2.05, 4.69) is 4.90 Å². The molecule has 0 amide bonds. The Labute approximate surface area is 117 Å². The number of benzene rings is 1. The summed E-state index contributed by atoms with van der Waals surface area (Å²) >= 11 is 11.8. The summed E-state index contributed by atoms with van der Waals surface area (Å²) in [5.74, 6) is -0.400. The van der Waals surface area contributed by atoms with Gasteiger partial charge in [-0.05, 0) is 44.6 Å². The van der Waals surface area contributed by atoms with Crippen LogP contribution in [-0.4, -0.2) is 37.1 Å². The molecule has 0 radical (unpaired) electrons. The zero-order valence-electron chi connectivity index (χ0n) is 10.2. The van der Waals surface area contributed by atoms with Gasteiger partial charge in [0, 0.05) is 11.6 Å². The highest BCUT2D eigenvalue weighted by atomic mass is 35.5. The second-order valence-electron chi connectivity index (χ2n) is 4.56. The number of hydrogen-bond donors (Lipinski definition) is 0. The molecule has 1 fully saturated rings. The van der Waals surface area contributed by atoms with Crippen molar-refractivity contribution >= 4 is 29.2 Å². The van der Waals surface area contributed by atoms with Crippen LogP contribution in [0.5, 0.6) is 0 Å². The van der Waals surface area contributed by atoms with Crippen LogP contribution in [-0.2, 0) is 4.74 Å². The van der Waals surface area contributed by atoms with Gasteiger partial charge in [-0.25, -0.2) is 4.79 Å². The molecule has 0 aliphatic carbocycles. The van der Waals surface area contributed by atoms with Crippen molar-refractivity contribution in [2.45, 2.75) is 18.9 Å². The van der Waals surface area contributed by atoms with E-state index in [1.54, 1.807) is 18.2 Å². The first-order valence-corrected chi connectivity index (χ1v) is 6.66. The fraction of sp³-hybridized carbons (Fsp3) is 0.462. The van der Waals surface area contributed by atoms with Gasteiger partial charge in [-0.1, -0.05) is 23.2 Å². The number of esters is 1. The first-order valence-electron chi connectivity index (χ1n) is 5.91. The van der Waals surface area contributed by atoms with Crippen LogP contribution in [0.1, 0.15) is 23.2 Å². The predicted molar refractivity (Wildman–Crippen MR) is 72.4 cm³/mol. The summed E-state index contributed by atoms with van der Waals surface area (Å²) in [6, 6.07) is 4.79. The van der Waals surface area contributed by atoms with Crippen LogP contribution >= 0.6 is 23.2 Å². The van der Waals surface area contributed by atoms with Crippen molar-refractivity contribution in [3.63, 3.8) is 0 Å². The van der Waals surface area contributed by atoms with E-state index >= 15 is 0 Å². The van der Waals surface area contributed by atoms with Gasteiger partial charge in [0.15, 0.2) is 0 Å². The van der Waals surface area contributed by atoms with Gasteiger partial charge in [0.2, 0.25) is 0 Å². The van der Waals surface area contributed by atoms with E-state index < -0.39 is 5.97 Å². The van der Waals surface area contributed by atoms with E-state index in [0.29, 0.717) is 15.6 Å². The highest BCUT2D eigenvalue weighted by Crippen LogP contribution is 2.23. The Morgan fingerprint density at radius 2 is 2.22 bits per heavy atom. The fourth-order valence-electron chi connectivity index (χ4n) is 2.08. The number of likely N-dealkylation sites (N-methyl/N-ethyl adjacent to an activating group) is 1. The molecule has 1 aliphatic rings. The van der Waals surface area contributed by atoms with Crippen molar-refractivity contribution in [3.8, 4) is 0 Å². The highest BCUT2D eigenvalue weighted by Gasteiger charge is 2.22. The Balaban J connectivity index is 2.05. The molecule has 1 heterocycles. The molecular weight excluding hydrogens is 273 g/mol. The van der Waals surface area contributed by atoms with Gasteiger partial charge >= 0.3 is 5.97 Å². The van der Waals surface area contributed by atoms with E-state index in [4.69, 9.17) is 27.9 Å². The van der Waals surface area contributed by atoms with Gasteiger partial charge < -0.3 is 9.64 Å². The minimum atomic E-state index is -0.400. The molecule has 1 aromatic carbocycles. The third-order valence-electron chi connectivity index (χ3n) is 3.00. The van der Waals surface area contributed by atoms with Crippen molar-refractivity contribution in [3.05, 3.63) is 33.8 Å². The van der Waals surface area contributed by atoms with Crippen molar-refractivity contribution in [2.75, 3.05) is 20.1 Å². The fourth-order valence-corrected chi connectivity index (χ4v) is 2.45. The number of piperidine rings is 1. The van der Waals surface area contributed by atoms with Crippen LogP contribution in [0.2, 0.25) is 10.0 Å². The minimum absolute atomic E-state index is 0.0636. The average Bonchev–Trinajstić information content (AvgIpc) is 2.32. The van der Waals surface area contributed by atoms with Gasteiger partial charge in [0.25, 0.3) is 0 Å². The molecule has 0 unspecified atom stereocenters. The Bertz CT molecular complexity index is 451. The Kier molecular flexibility index (Phi) is 4.49. The topological polar surface area (TPSA) is 29.5 Å². The number of carbonyl (C=O) groups is 1. The Hall–Kier alpha value is -0.770.